The fraction of sp³-hybridized carbons (Fsp3) is 0.600. The number of sulfonamides is 1. The number of amides is 2. The Labute approximate surface area is 271 Å². The van der Waals surface area contributed by atoms with Crippen LogP contribution in [0, 0.1) is 17.8 Å². The number of rotatable bonds is 10. The molecule has 1 N–H and O–H groups in total. The zero-order valence-electron chi connectivity index (χ0n) is 26.0. The summed E-state index contributed by atoms with van der Waals surface area (Å²) in [5.41, 5.74) is 2.87. The third kappa shape index (κ3) is 6.88. The van der Waals surface area contributed by atoms with Crippen LogP contribution in [0.4, 0.5) is 5.69 Å². The number of hydrogen-bond donors (Lipinski definition) is 1. The maximum Gasteiger partial charge on any atom is 0.244 e. The second-order valence-corrected chi connectivity index (χ2v) is 17.0. The van der Waals surface area contributed by atoms with Gasteiger partial charge in [-0.05, 0) is 117 Å². The highest BCUT2D eigenvalue weighted by Gasteiger charge is 2.51. The van der Waals surface area contributed by atoms with Gasteiger partial charge in [-0.1, -0.05) is 59.5 Å². The third-order valence-corrected chi connectivity index (χ3v) is 12.5. The Hall–Kier alpha value is -2.39. The van der Waals surface area contributed by atoms with E-state index in [0.29, 0.717) is 5.69 Å². The number of benzene rings is 2. The Kier molecular flexibility index (Phi) is 9.17. The van der Waals surface area contributed by atoms with Crippen molar-refractivity contribution in [2.75, 3.05) is 17.1 Å². The number of anilines is 1. The molecule has 7 nitrogen and oxygen atoms in total. The molecule has 0 spiro atoms. The van der Waals surface area contributed by atoms with Gasteiger partial charge in [0.05, 0.1) is 11.9 Å². The molecule has 2 aromatic carbocycles. The summed E-state index contributed by atoms with van der Waals surface area (Å²) in [6.45, 7) is 1.57. The van der Waals surface area contributed by atoms with Crippen LogP contribution in [-0.2, 0) is 31.6 Å². The highest BCUT2D eigenvalue weighted by molar-refractivity contribution is 9.10. The van der Waals surface area contributed by atoms with Crippen LogP contribution in [0.1, 0.15) is 88.7 Å². The van der Waals surface area contributed by atoms with Gasteiger partial charge in [0.1, 0.15) is 12.6 Å². The molecule has 5 aliphatic carbocycles. The molecule has 5 aliphatic rings. The predicted molar refractivity (Wildman–Crippen MR) is 178 cm³/mol. The van der Waals surface area contributed by atoms with Crippen molar-refractivity contribution in [1.29, 1.82) is 0 Å². The molecule has 9 heteroatoms. The summed E-state index contributed by atoms with van der Waals surface area (Å²) in [5.74, 6) is 1.85. The molecule has 0 aromatic heterocycles. The number of hydrogen-bond acceptors (Lipinski definition) is 4. The van der Waals surface area contributed by atoms with Crippen molar-refractivity contribution in [3.8, 4) is 0 Å². The lowest BCUT2D eigenvalue weighted by molar-refractivity contribution is -0.139. The molecule has 0 saturated heterocycles. The van der Waals surface area contributed by atoms with Crippen molar-refractivity contribution in [2.24, 2.45) is 17.8 Å². The number of carbonyl (C=O) groups is 2. The van der Waals surface area contributed by atoms with Crippen LogP contribution < -0.4 is 9.62 Å². The fourth-order valence-electron chi connectivity index (χ4n) is 9.00. The summed E-state index contributed by atoms with van der Waals surface area (Å²) in [6.07, 6.45) is 14.2. The topological polar surface area (TPSA) is 86.8 Å². The highest BCUT2D eigenvalue weighted by atomic mass is 79.9. The number of nitrogens with zero attached hydrogens (tertiary/aromatic N) is 2. The summed E-state index contributed by atoms with van der Waals surface area (Å²) in [6, 6.07) is 14.9. The molecule has 0 aliphatic heterocycles. The van der Waals surface area contributed by atoms with E-state index >= 15 is 0 Å². The zero-order valence-corrected chi connectivity index (χ0v) is 28.4. The summed E-state index contributed by atoms with van der Waals surface area (Å²) < 4.78 is 28.4. The van der Waals surface area contributed by atoms with Gasteiger partial charge in [-0.3, -0.25) is 13.9 Å². The largest absolute Gasteiger partial charge is 0.352 e. The van der Waals surface area contributed by atoms with Crippen molar-refractivity contribution in [3.63, 3.8) is 0 Å². The Balaban J connectivity index is 1.22. The van der Waals surface area contributed by atoms with E-state index in [1.807, 2.05) is 36.4 Å². The van der Waals surface area contributed by atoms with Crippen LogP contribution in [0.25, 0.3) is 0 Å². The van der Waals surface area contributed by atoms with Crippen molar-refractivity contribution >= 4 is 43.5 Å². The van der Waals surface area contributed by atoms with Gasteiger partial charge >= 0.3 is 0 Å². The van der Waals surface area contributed by atoms with Crippen molar-refractivity contribution in [3.05, 3.63) is 64.1 Å². The second-order valence-electron chi connectivity index (χ2n) is 14.2. The predicted octanol–water partition coefficient (Wildman–Crippen LogP) is 6.55. The van der Waals surface area contributed by atoms with Gasteiger partial charge in [0, 0.05) is 17.1 Å². The van der Waals surface area contributed by atoms with Gasteiger partial charge in [-0.15, -0.1) is 0 Å². The first-order valence-electron chi connectivity index (χ1n) is 16.4. The number of halogens is 1. The van der Waals surface area contributed by atoms with Gasteiger partial charge in [0.25, 0.3) is 0 Å². The van der Waals surface area contributed by atoms with E-state index in [4.69, 9.17) is 0 Å². The normalized spacial score (nSPS) is 27.1. The van der Waals surface area contributed by atoms with Crippen LogP contribution in [0.2, 0.25) is 0 Å². The van der Waals surface area contributed by atoms with Gasteiger partial charge in [-0.2, -0.15) is 0 Å². The van der Waals surface area contributed by atoms with Crippen molar-refractivity contribution < 1.29 is 18.0 Å². The third-order valence-electron chi connectivity index (χ3n) is 10.9. The van der Waals surface area contributed by atoms with Crippen LogP contribution in [0.15, 0.2) is 53.0 Å². The zero-order chi connectivity index (χ0) is 31.1. The molecule has 1 atom stereocenters. The van der Waals surface area contributed by atoms with Crippen LogP contribution >= 0.6 is 15.9 Å². The first-order valence-corrected chi connectivity index (χ1v) is 19.1. The summed E-state index contributed by atoms with van der Waals surface area (Å²) >= 11 is 3.46. The molecule has 5 saturated carbocycles. The maximum absolute atomic E-state index is 14.0. The van der Waals surface area contributed by atoms with Crippen LogP contribution in [0.3, 0.4) is 0 Å². The number of nitrogens with one attached hydrogen (secondary N) is 1. The lowest BCUT2D eigenvalue weighted by Gasteiger charge is -2.57. The van der Waals surface area contributed by atoms with Crippen molar-refractivity contribution in [2.45, 2.75) is 102 Å². The molecule has 0 radical (unpaired) electrons. The minimum atomic E-state index is -3.77. The molecule has 2 amide bonds. The van der Waals surface area contributed by atoms with Crippen LogP contribution in [0.5, 0.6) is 0 Å². The van der Waals surface area contributed by atoms with E-state index in [1.165, 1.54) is 59.7 Å². The SMILES string of the molecule is C[C@H](C(=O)NC1CCCCC1)N(Cc1ccc(Br)cc1)C(=O)CN(c1ccc(C23CC4CC(CC(C4)C2)C3)cc1)S(C)(=O)=O. The first-order chi connectivity index (χ1) is 21.0. The summed E-state index contributed by atoms with van der Waals surface area (Å²) in [5, 5.41) is 3.15. The molecule has 7 rings (SSSR count). The van der Waals surface area contributed by atoms with E-state index in [2.05, 4.69) is 33.4 Å². The van der Waals surface area contributed by atoms with Gasteiger partial charge < -0.3 is 10.2 Å². The van der Waals surface area contributed by atoms with E-state index in [9.17, 15) is 18.0 Å². The second kappa shape index (κ2) is 12.8. The molecule has 0 unspecified atom stereocenters. The molecule has 0 heterocycles. The molecule has 5 fully saturated rings. The summed E-state index contributed by atoms with van der Waals surface area (Å²) in [4.78, 5) is 28.9. The smallest absolute Gasteiger partial charge is 0.244 e. The van der Waals surface area contributed by atoms with Gasteiger partial charge in [0.2, 0.25) is 21.8 Å². The monoisotopic (exact) mass is 683 g/mol. The lowest BCUT2D eigenvalue weighted by atomic mass is 9.48. The molecule has 2 aromatic rings. The molecular weight excluding hydrogens is 638 g/mol. The first kappa shape index (κ1) is 31.6. The van der Waals surface area contributed by atoms with E-state index in [0.717, 1.165) is 59.7 Å². The quantitative estimate of drug-likeness (QED) is 0.308. The minimum Gasteiger partial charge on any atom is -0.352 e. The molecule has 4 bridgehead atoms. The maximum atomic E-state index is 14.0. The summed E-state index contributed by atoms with van der Waals surface area (Å²) in [7, 11) is -3.77. The van der Waals surface area contributed by atoms with E-state index < -0.39 is 22.0 Å². The lowest BCUT2D eigenvalue weighted by Crippen LogP contribution is -2.53. The average molecular weight is 685 g/mol. The van der Waals surface area contributed by atoms with Gasteiger partial charge in [-0.25, -0.2) is 8.42 Å². The van der Waals surface area contributed by atoms with Gasteiger partial charge in [0.15, 0.2) is 0 Å². The molecule has 44 heavy (non-hydrogen) atoms. The van der Waals surface area contributed by atoms with Crippen molar-refractivity contribution in [1.82, 2.24) is 10.2 Å². The fourth-order valence-corrected chi connectivity index (χ4v) is 10.1. The minimum absolute atomic E-state index is 0.114. The molecule has 238 valence electrons. The number of carbonyl (C=O) groups excluding carboxylic acids is 2. The van der Waals surface area contributed by atoms with E-state index in [1.54, 1.807) is 6.92 Å². The van der Waals surface area contributed by atoms with Crippen LogP contribution in [-0.4, -0.2) is 50.0 Å². The standard InChI is InChI=1S/C35H46BrN3O4S/c1-24(34(41)37-31-6-4-3-5-7-31)38(22-25-8-12-30(36)13-9-25)33(40)23-39(44(2,42)43)32-14-10-29(11-15-32)35-19-26-16-27(20-35)18-28(17-26)21-35/h8-15,24,26-28,31H,3-7,16-23H2,1-2H3,(H,37,41)/t24-,26?,27?,28?,35?/m1/s1. The Morgan fingerprint density at radius 2 is 1.48 bits per heavy atom. The average Bonchev–Trinajstić information content (AvgIpc) is 2.98. The molecular formula is C35H46BrN3O4S. The highest BCUT2D eigenvalue weighted by Crippen LogP contribution is 2.60. The van der Waals surface area contributed by atoms with E-state index in [-0.39, 0.29) is 30.5 Å². The Morgan fingerprint density at radius 3 is 2.02 bits per heavy atom. The Bertz CT molecular complexity index is 1420. The Morgan fingerprint density at radius 1 is 0.909 bits per heavy atom.